The van der Waals surface area contributed by atoms with Crippen LogP contribution in [0.5, 0.6) is 0 Å². The van der Waals surface area contributed by atoms with Gasteiger partial charge in [-0.25, -0.2) is 0 Å². The fourth-order valence-corrected chi connectivity index (χ4v) is 1.97. The van der Waals surface area contributed by atoms with Crippen LogP contribution in [0, 0.1) is 5.92 Å². The molecule has 1 aromatic rings. The molecule has 0 radical (unpaired) electrons. The predicted octanol–water partition coefficient (Wildman–Crippen LogP) is 3.77. The van der Waals surface area contributed by atoms with Crippen LogP contribution in [0.3, 0.4) is 0 Å². The van der Waals surface area contributed by atoms with Crippen molar-refractivity contribution in [2.75, 3.05) is 6.54 Å². The summed E-state index contributed by atoms with van der Waals surface area (Å²) in [5, 5.41) is 4.01. The molecule has 1 aliphatic rings. The van der Waals surface area contributed by atoms with Crippen molar-refractivity contribution in [1.82, 2.24) is 5.32 Å². The first kappa shape index (κ1) is 11.0. The molecule has 0 spiro atoms. The van der Waals surface area contributed by atoms with Gasteiger partial charge in [0.05, 0.1) is 6.04 Å². The van der Waals surface area contributed by atoms with Crippen LogP contribution in [-0.4, -0.2) is 6.54 Å². The Morgan fingerprint density at radius 1 is 1.53 bits per heavy atom. The molecule has 1 N–H and O–H groups in total. The molecule has 0 bridgehead atoms. The Balaban J connectivity index is 1.96. The molecule has 15 heavy (non-hydrogen) atoms. The normalized spacial score (nSPS) is 18.0. The SMILES string of the molecule is CCCNC(CC1CC1)c1ccc(Cl)o1. The fourth-order valence-electron chi connectivity index (χ4n) is 1.82. The summed E-state index contributed by atoms with van der Waals surface area (Å²) in [6.45, 7) is 3.21. The van der Waals surface area contributed by atoms with E-state index in [2.05, 4.69) is 12.2 Å². The van der Waals surface area contributed by atoms with Gasteiger partial charge in [-0.3, -0.25) is 0 Å². The molecule has 1 unspecified atom stereocenters. The Morgan fingerprint density at radius 3 is 2.87 bits per heavy atom. The first-order chi connectivity index (χ1) is 7.29. The average molecular weight is 228 g/mol. The quantitative estimate of drug-likeness (QED) is 0.800. The van der Waals surface area contributed by atoms with Gasteiger partial charge >= 0.3 is 0 Å². The van der Waals surface area contributed by atoms with E-state index >= 15 is 0 Å². The van der Waals surface area contributed by atoms with E-state index in [-0.39, 0.29) is 0 Å². The van der Waals surface area contributed by atoms with Gasteiger partial charge < -0.3 is 9.73 Å². The van der Waals surface area contributed by atoms with Crippen molar-refractivity contribution in [2.45, 2.75) is 38.6 Å². The van der Waals surface area contributed by atoms with Crippen molar-refractivity contribution in [1.29, 1.82) is 0 Å². The summed E-state index contributed by atoms with van der Waals surface area (Å²) < 4.78 is 5.47. The third-order valence-electron chi connectivity index (χ3n) is 2.84. The Morgan fingerprint density at radius 2 is 2.33 bits per heavy atom. The summed E-state index contributed by atoms with van der Waals surface area (Å²) in [6, 6.07) is 4.16. The van der Waals surface area contributed by atoms with Gasteiger partial charge in [-0.15, -0.1) is 0 Å². The lowest BCUT2D eigenvalue weighted by Crippen LogP contribution is -2.22. The summed E-state index contributed by atoms with van der Waals surface area (Å²) in [7, 11) is 0. The van der Waals surface area contributed by atoms with Gasteiger partial charge in [-0.2, -0.15) is 0 Å². The first-order valence-electron chi connectivity index (χ1n) is 5.78. The molecule has 1 aliphatic carbocycles. The van der Waals surface area contributed by atoms with Gasteiger partial charge in [0.1, 0.15) is 5.76 Å². The smallest absolute Gasteiger partial charge is 0.193 e. The number of halogens is 1. The van der Waals surface area contributed by atoms with Gasteiger partial charge in [0, 0.05) is 0 Å². The van der Waals surface area contributed by atoms with E-state index < -0.39 is 0 Å². The van der Waals surface area contributed by atoms with Gasteiger partial charge in [0.25, 0.3) is 0 Å². The standard InChI is InChI=1S/C12H18ClNO/c1-2-7-14-10(8-9-3-4-9)11-5-6-12(13)15-11/h5-6,9-10,14H,2-4,7-8H2,1H3. The molecular weight excluding hydrogens is 210 g/mol. The summed E-state index contributed by atoms with van der Waals surface area (Å²) in [5.74, 6) is 1.88. The number of hydrogen-bond acceptors (Lipinski definition) is 2. The average Bonchev–Trinajstić information content (AvgIpc) is 2.94. The van der Waals surface area contributed by atoms with Crippen molar-refractivity contribution in [2.24, 2.45) is 5.92 Å². The molecule has 3 heteroatoms. The van der Waals surface area contributed by atoms with Crippen molar-refractivity contribution in [3.05, 3.63) is 23.1 Å². The molecule has 1 heterocycles. The Labute approximate surface area is 96.0 Å². The van der Waals surface area contributed by atoms with Gasteiger partial charge in [0.15, 0.2) is 5.22 Å². The van der Waals surface area contributed by atoms with E-state index in [0.717, 1.165) is 24.6 Å². The molecule has 1 atom stereocenters. The van der Waals surface area contributed by atoms with Crippen LogP contribution in [-0.2, 0) is 0 Å². The maximum atomic E-state index is 5.80. The lowest BCUT2D eigenvalue weighted by Gasteiger charge is -2.15. The van der Waals surface area contributed by atoms with Crippen LogP contribution in [0.25, 0.3) is 0 Å². The largest absolute Gasteiger partial charge is 0.448 e. The summed E-state index contributed by atoms with van der Waals surface area (Å²) >= 11 is 5.80. The molecular formula is C12H18ClNO. The van der Waals surface area contributed by atoms with Crippen molar-refractivity contribution in [3.8, 4) is 0 Å². The molecule has 84 valence electrons. The van der Waals surface area contributed by atoms with Crippen LogP contribution in [0.4, 0.5) is 0 Å². The minimum Gasteiger partial charge on any atom is -0.448 e. The lowest BCUT2D eigenvalue weighted by molar-refractivity contribution is 0.384. The molecule has 0 aromatic carbocycles. The van der Waals surface area contributed by atoms with Gasteiger partial charge in [-0.05, 0) is 49.0 Å². The lowest BCUT2D eigenvalue weighted by atomic mass is 10.1. The topological polar surface area (TPSA) is 25.2 Å². The molecule has 1 fully saturated rings. The monoisotopic (exact) mass is 227 g/mol. The zero-order valence-corrected chi connectivity index (χ0v) is 9.89. The minimum absolute atomic E-state index is 0.352. The second kappa shape index (κ2) is 5.04. The highest BCUT2D eigenvalue weighted by Crippen LogP contribution is 2.38. The van der Waals surface area contributed by atoms with E-state index in [1.54, 1.807) is 0 Å². The van der Waals surface area contributed by atoms with E-state index in [4.69, 9.17) is 16.0 Å². The zero-order valence-electron chi connectivity index (χ0n) is 9.13. The molecule has 1 aromatic heterocycles. The molecule has 0 aliphatic heterocycles. The van der Waals surface area contributed by atoms with Crippen LogP contribution < -0.4 is 5.32 Å². The number of furan rings is 1. The summed E-state index contributed by atoms with van der Waals surface area (Å²) in [4.78, 5) is 0. The van der Waals surface area contributed by atoms with Crippen molar-refractivity contribution in [3.63, 3.8) is 0 Å². The maximum Gasteiger partial charge on any atom is 0.193 e. The molecule has 2 rings (SSSR count). The van der Waals surface area contributed by atoms with E-state index in [0.29, 0.717) is 11.3 Å². The Kier molecular flexibility index (Phi) is 3.71. The number of rotatable bonds is 6. The van der Waals surface area contributed by atoms with Crippen LogP contribution in [0.1, 0.15) is 44.4 Å². The number of nitrogens with one attached hydrogen (secondary N) is 1. The van der Waals surface area contributed by atoms with Crippen LogP contribution >= 0.6 is 11.6 Å². The summed E-state index contributed by atoms with van der Waals surface area (Å²) in [6.07, 6.45) is 5.08. The van der Waals surface area contributed by atoms with Crippen molar-refractivity contribution < 1.29 is 4.42 Å². The number of hydrogen-bond donors (Lipinski definition) is 1. The fraction of sp³-hybridized carbons (Fsp3) is 0.667. The van der Waals surface area contributed by atoms with Crippen LogP contribution in [0.2, 0.25) is 5.22 Å². The van der Waals surface area contributed by atoms with E-state index in [1.807, 2.05) is 12.1 Å². The minimum atomic E-state index is 0.352. The molecule has 0 saturated heterocycles. The van der Waals surface area contributed by atoms with E-state index in [9.17, 15) is 0 Å². The van der Waals surface area contributed by atoms with E-state index in [1.165, 1.54) is 19.3 Å². The van der Waals surface area contributed by atoms with Crippen molar-refractivity contribution >= 4 is 11.6 Å². The van der Waals surface area contributed by atoms with Gasteiger partial charge in [0.2, 0.25) is 0 Å². The third kappa shape index (κ3) is 3.25. The zero-order chi connectivity index (χ0) is 10.7. The second-order valence-electron chi connectivity index (χ2n) is 4.33. The maximum absolute atomic E-state index is 5.80. The molecule has 2 nitrogen and oxygen atoms in total. The molecule has 1 saturated carbocycles. The highest BCUT2D eigenvalue weighted by atomic mass is 35.5. The summed E-state index contributed by atoms with van der Waals surface area (Å²) in [5.41, 5.74) is 0. The molecule has 0 amide bonds. The third-order valence-corrected chi connectivity index (χ3v) is 3.05. The predicted molar refractivity (Wildman–Crippen MR) is 62.1 cm³/mol. The Bertz CT molecular complexity index is 306. The first-order valence-corrected chi connectivity index (χ1v) is 6.16. The highest BCUT2D eigenvalue weighted by molar-refractivity contribution is 6.28. The van der Waals surface area contributed by atoms with Gasteiger partial charge in [-0.1, -0.05) is 19.8 Å². The van der Waals surface area contributed by atoms with Crippen LogP contribution in [0.15, 0.2) is 16.5 Å². The Hall–Kier alpha value is -0.470. The highest BCUT2D eigenvalue weighted by Gasteiger charge is 2.27. The second-order valence-corrected chi connectivity index (χ2v) is 4.70.